The number of ether oxygens (including phenoxy) is 3. The van der Waals surface area contributed by atoms with Crippen molar-refractivity contribution < 1.29 is 43.9 Å². The molecule has 11 heteroatoms. The average Bonchev–Trinajstić information content (AvgIpc) is 3.89. The van der Waals surface area contributed by atoms with Crippen LogP contribution in [0.25, 0.3) is 0 Å². The van der Waals surface area contributed by atoms with Gasteiger partial charge in [0, 0.05) is 56.9 Å². The first-order valence-corrected chi connectivity index (χ1v) is 19.3. The van der Waals surface area contributed by atoms with Gasteiger partial charge in [0.05, 0.1) is 30.3 Å². The van der Waals surface area contributed by atoms with Crippen LogP contribution in [0.5, 0.6) is 0 Å². The lowest BCUT2D eigenvalue weighted by molar-refractivity contribution is -0.151. The number of hydrogen-bond acceptors (Lipinski definition) is 10. The van der Waals surface area contributed by atoms with E-state index in [4.69, 9.17) is 14.2 Å². The standard InChI is InChI=1S/C40H64N2O9/c1-7-32(44)29(4)37-33(49-37)26-39(5,47)19-12-13-27(2)36-28(3)16-17-34(40(6,48)20-18-31(43)25-35(45)51-36)50-38(46)42-23-21-41(22-24-42)30-14-10-8-9-11-15-30/h12-13,16-17,19,28-31,33-34,36-37,43,47-48H,7-11,14-15,18,20-26H2,1-6H3/t28-,29+,31+,33+,34-,36+,37+,39-,40+/m0/s1. The van der Waals surface area contributed by atoms with Crippen molar-refractivity contribution in [3.8, 4) is 0 Å². The Kier molecular flexibility index (Phi) is 14.9. The normalized spacial score (nSPS) is 34.1. The number of nitrogens with zero attached hydrogens (tertiary/aromatic N) is 2. The predicted octanol–water partition coefficient (Wildman–Crippen LogP) is 5.26. The number of epoxide rings is 1. The smallest absolute Gasteiger partial charge is 0.410 e. The van der Waals surface area contributed by atoms with Crippen LogP contribution in [0.4, 0.5) is 4.79 Å². The van der Waals surface area contributed by atoms with Crippen molar-refractivity contribution >= 4 is 17.8 Å². The van der Waals surface area contributed by atoms with E-state index in [1.165, 1.54) is 38.5 Å². The summed E-state index contributed by atoms with van der Waals surface area (Å²) < 4.78 is 17.6. The number of amides is 1. The van der Waals surface area contributed by atoms with Gasteiger partial charge >= 0.3 is 12.1 Å². The van der Waals surface area contributed by atoms with Crippen molar-refractivity contribution in [2.75, 3.05) is 26.2 Å². The van der Waals surface area contributed by atoms with Gasteiger partial charge in [-0.2, -0.15) is 0 Å². The third-order valence-electron chi connectivity index (χ3n) is 11.3. The maximum atomic E-state index is 13.5. The molecule has 0 unspecified atom stereocenters. The van der Waals surface area contributed by atoms with Gasteiger partial charge in [0.15, 0.2) is 6.10 Å². The molecule has 0 bridgehead atoms. The molecule has 9 atom stereocenters. The molecule has 4 aliphatic rings. The molecule has 51 heavy (non-hydrogen) atoms. The molecule has 2 saturated heterocycles. The van der Waals surface area contributed by atoms with Gasteiger partial charge in [0.1, 0.15) is 17.5 Å². The molecule has 3 N–H and O–H groups in total. The molecule has 1 amide bonds. The van der Waals surface area contributed by atoms with E-state index >= 15 is 0 Å². The number of Topliss-reactive ketones (excluding diaryl/α,β-unsaturated/α-hetero) is 1. The molecule has 1 saturated carbocycles. The second kappa shape index (κ2) is 18.5. The Bertz CT molecular complexity index is 1260. The van der Waals surface area contributed by atoms with E-state index in [0.29, 0.717) is 37.5 Å². The Morgan fingerprint density at radius 2 is 1.78 bits per heavy atom. The number of aliphatic hydroxyl groups excluding tert-OH is 1. The van der Waals surface area contributed by atoms with Gasteiger partial charge in [-0.3, -0.25) is 14.5 Å². The third-order valence-corrected chi connectivity index (χ3v) is 11.3. The van der Waals surface area contributed by atoms with E-state index in [0.717, 1.165) is 13.1 Å². The molecule has 1 aliphatic carbocycles. The molecule has 0 aromatic rings. The average molecular weight is 717 g/mol. The number of rotatable bonds is 10. The second-order valence-electron chi connectivity index (χ2n) is 16.0. The minimum Gasteiger partial charge on any atom is -0.457 e. The molecule has 11 nitrogen and oxygen atoms in total. The zero-order valence-electron chi connectivity index (χ0n) is 31.8. The fraction of sp³-hybridized carbons (Fsp3) is 0.775. The van der Waals surface area contributed by atoms with Gasteiger partial charge < -0.3 is 34.4 Å². The molecular formula is C40H64N2O9. The number of esters is 1. The minimum absolute atomic E-state index is 0.112. The van der Waals surface area contributed by atoms with Crippen molar-refractivity contribution in [1.82, 2.24) is 9.80 Å². The van der Waals surface area contributed by atoms with Gasteiger partial charge in [0.2, 0.25) is 0 Å². The van der Waals surface area contributed by atoms with E-state index in [9.17, 15) is 29.7 Å². The van der Waals surface area contributed by atoms with Crippen LogP contribution in [0, 0.1) is 11.8 Å². The number of piperazine rings is 1. The molecule has 4 rings (SSSR count). The Balaban J connectivity index is 1.42. The number of ketones is 1. The topological polar surface area (TPSA) is 149 Å². The fourth-order valence-electron chi connectivity index (χ4n) is 7.77. The lowest BCUT2D eigenvalue weighted by atomic mass is 9.88. The molecule has 0 aromatic carbocycles. The molecule has 0 radical (unpaired) electrons. The molecule has 3 heterocycles. The second-order valence-corrected chi connectivity index (χ2v) is 16.0. The highest BCUT2D eigenvalue weighted by Crippen LogP contribution is 2.37. The maximum absolute atomic E-state index is 13.5. The zero-order chi connectivity index (χ0) is 37.3. The first kappa shape index (κ1) is 41.2. The van der Waals surface area contributed by atoms with Crippen LogP contribution in [-0.4, -0.2) is 117 Å². The summed E-state index contributed by atoms with van der Waals surface area (Å²) >= 11 is 0. The van der Waals surface area contributed by atoms with E-state index in [2.05, 4.69) is 4.90 Å². The van der Waals surface area contributed by atoms with Crippen molar-refractivity contribution in [3.63, 3.8) is 0 Å². The Hall–Kier alpha value is -2.57. The molecule has 0 aromatic heterocycles. The molecule has 0 spiro atoms. The first-order valence-electron chi connectivity index (χ1n) is 19.3. The number of carbonyl (C=O) groups excluding carboxylic acids is 3. The van der Waals surface area contributed by atoms with Gasteiger partial charge in [-0.05, 0) is 58.1 Å². The van der Waals surface area contributed by atoms with E-state index in [1.54, 1.807) is 49.1 Å². The zero-order valence-corrected chi connectivity index (χ0v) is 31.8. The SMILES string of the molecule is CCC(=O)[C@@H](C)[C@H]1O[C@@H]1C[C@@](C)(O)C=CC=C(C)[C@H]1OC(=O)C[C@H](O)CC[C@@](C)(O)[C@@H](OC(=O)N2CCN(C3CCCCCC3)CC2)C=C[C@@H]1C. The van der Waals surface area contributed by atoms with Crippen LogP contribution in [-0.2, 0) is 23.8 Å². The van der Waals surface area contributed by atoms with Gasteiger partial charge in [0.25, 0.3) is 0 Å². The highest BCUT2D eigenvalue weighted by atomic mass is 16.6. The van der Waals surface area contributed by atoms with Crippen molar-refractivity contribution in [2.24, 2.45) is 11.8 Å². The summed E-state index contributed by atoms with van der Waals surface area (Å²) in [5.41, 5.74) is -1.97. The van der Waals surface area contributed by atoms with Gasteiger partial charge in [-0.25, -0.2) is 4.79 Å². The van der Waals surface area contributed by atoms with Gasteiger partial charge in [-0.1, -0.05) is 70.8 Å². The summed E-state index contributed by atoms with van der Waals surface area (Å²) in [5, 5.41) is 33.2. The minimum atomic E-state index is -1.49. The Morgan fingerprint density at radius 1 is 1.12 bits per heavy atom. The van der Waals surface area contributed by atoms with Crippen LogP contribution in [0.15, 0.2) is 36.0 Å². The molecular weight excluding hydrogens is 652 g/mol. The van der Waals surface area contributed by atoms with Gasteiger partial charge in [-0.15, -0.1) is 0 Å². The van der Waals surface area contributed by atoms with E-state index in [1.807, 2.05) is 27.7 Å². The first-order chi connectivity index (χ1) is 24.1. The summed E-state index contributed by atoms with van der Waals surface area (Å²) in [4.78, 5) is 42.6. The summed E-state index contributed by atoms with van der Waals surface area (Å²) in [6.07, 6.45) is 13.4. The fourth-order valence-corrected chi connectivity index (χ4v) is 7.77. The quantitative estimate of drug-likeness (QED) is 0.0899. The van der Waals surface area contributed by atoms with E-state index in [-0.39, 0.29) is 49.1 Å². The van der Waals surface area contributed by atoms with Crippen LogP contribution in [0.3, 0.4) is 0 Å². The van der Waals surface area contributed by atoms with Crippen molar-refractivity contribution in [2.45, 2.75) is 160 Å². The molecule has 288 valence electrons. The van der Waals surface area contributed by atoms with Crippen LogP contribution >= 0.6 is 0 Å². The van der Waals surface area contributed by atoms with Crippen LogP contribution < -0.4 is 0 Å². The third kappa shape index (κ3) is 12.2. The van der Waals surface area contributed by atoms with Crippen molar-refractivity contribution in [1.29, 1.82) is 0 Å². The predicted molar refractivity (Wildman–Crippen MR) is 195 cm³/mol. The summed E-state index contributed by atoms with van der Waals surface area (Å²) in [6, 6.07) is 0.578. The summed E-state index contributed by atoms with van der Waals surface area (Å²) in [7, 11) is 0. The molecule has 3 fully saturated rings. The number of allylic oxidation sites excluding steroid dienone is 2. The number of hydrogen-bond donors (Lipinski definition) is 3. The van der Waals surface area contributed by atoms with Crippen LogP contribution in [0.2, 0.25) is 0 Å². The maximum Gasteiger partial charge on any atom is 0.410 e. The van der Waals surface area contributed by atoms with E-state index < -0.39 is 41.6 Å². The lowest BCUT2D eigenvalue weighted by Gasteiger charge is -2.40. The number of carbonyl (C=O) groups is 3. The largest absolute Gasteiger partial charge is 0.457 e. The summed E-state index contributed by atoms with van der Waals surface area (Å²) in [5.74, 6) is -1.00. The number of cyclic esters (lactones) is 1. The Morgan fingerprint density at radius 3 is 2.43 bits per heavy atom. The highest BCUT2D eigenvalue weighted by molar-refractivity contribution is 5.81. The monoisotopic (exact) mass is 716 g/mol. The Labute approximate surface area is 305 Å². The lowest BCUT2D eigenvalue weighted by Crippen LogP contribution is -2.53. The summed E-state index contributed by atoms with van der Waals surface area (Å²) in [6.45, 7) is 13.4. The highest BCUT2D eigenvalue weighted by Gasteiger charge is 2.47. The van der Waals surface area contributed by atoms with Crippen LogP contribution in [0.1, 0.15) is 112 Å². The van der Waals surface area contributed by atoms with Crippen molar-refractivity contribution in [3.05, 3.63) is 36.0 Å². The molecule has 3 aliphatic heterocycles. The number of aliphatic hydroxyl groups is 3.